The van der Waals surface area contributed by atoms with Gasteiger partial charge < -0.3 is 24.6 Å². The smallest absolute Gasteiger partial charge is 0.407 e. The number of amides is 1. The van der Waals surface area contributed by atoms with Crippen LogP contribution in [0.3, 0.4) is 0 Å². The number of hydrogen-bond acceptors (Lipinski definition) is 6. The third-order valence-electron chi connectivity index (χ3n) is 5.15. The number of aliphatic hydroxyl groups excluding tert-OH is 1. The van der Waals surface area contributed by atoms with E-state index in [0.717, 1.165) is 5.56 Å². The molecular weight excluding hydrogens is 356 g/mol. The van der Waals surface area contributed by atoms with Crippen molar-refractivity contribution in [3.8, 4) is 16.7 Å². The van der Waals surface area contributed by atoms with Gasteiger partial charge in [0.2, 0.25) is 0 Å². The van der Waals surface area contributed by atoms with Crippen molar-refractivity contribution in [3.63, 3.8) is 0 Å². The Morgan fingerprint density at radius 1 is 1.46 bits per heavy atom. The van der Waals surface area contributed by atoms with Gasteiger partial charge in [0.05, 0.1) is 13.2 Å². The molecule has 1 fully saturated rings. The quantitative estimate of drug-likeness (QED) is 0.828. The number of methoxy groups -OCH3 is 1. The molecule has 140 valence electrons. The molecule has 3 atom stereocenters. The predicted molar refractivity (Wildman–Crippen MR) is 97.3 cm³/mol. The first-order valence-electron chi connectivity index (χ1n) is 8.26. The SMILES string of the molecule is COc1ccc([C@@H]2CN(C(=O)O)C[C@@]2(C)[C@H](C)O)cc1Oc1nccs1. The molecule has 0 radical (unpaired) electrons. The number of thiazole rings is 1. The summed E-state index contributed by atoms with van der Waals surface area (Å²) in [6, 6.07) is 5.53. The van der Waals surface area contributed by atoms with Crippen LogP contribution in [0.1, 0.15) is 25.3 Å². The second-order valence-electron chi connectivity index (χ2n) is 6.71. The normalized spacial score (nSPS) is 23.7. The van der Waals surface area contributed by atoms with E-state index in [1.54, 1.807) is 26.3 Å². The summed E-state index contributed by atoms with van der Waals surface area (Å²) in [5, 5.41) is 22.0. The van der Waals surface area contributed by atoms with Gasteiger partial charge in [-0.1, -0.05) is 24.3 Å². The number of carbonyl (C=O) groups is 1. The van der Waals surface area contributed by atoms with E-state index >= 15 is 0 Å². The van der Waals surface area contributed by atoms with Gasteiger partial charge in [-0.3, -0.25) is 0 Å². The average Bonchev–Trinajstić information content (AvgIpc) is 3.23. The van der Waals surface area contributed by atoms with Gasteiger partial charge in [0.25, 0.3) is 5.19 Å². The van der Waals surface area contributed by atoms with E-state index in [0.29, 0.717) is 23.2 Å². The van der Waals surface area contributed by atoms with Crippen molar-refractivity contribution < 1.29 is 24.5 Å². The maximum absolute atomic E-state index is 11.5. The van der Waals surface area contributed by atoms with Crippen LogP contribution in [0.4, 0.5) is 4.79 Å². The maximum Gasteiger partial charge on any atom is 0.407 e. The molecule has 2 heterocycles. The van der Waals surface area contributed by atoms with Gasteiger partial charge in [0.1, 0.15) is 0 Å². The fraction of sp³-hybridized carbons (Fsp3) is 0.444. The van der Waals surface area contributed by atoms with E-state index in [1.807, 2.05) is 24.4 Å². The Kier molecular flexibility index (Phi) is 5.06. The van der Waals surface area contributed by atoms with Gasteiger partial charge in [-0.05, 0) is 24.6 Å². The molecule has 0 bridgehead atoms. The number of likely N-dealkylation sites (tertiary alicyclic amines) is 1. The minimum atomic E-state index is -0.979. The number of carboxylic acid groups (broad SMARTS) is 1. The van der Waals surface area contributed by atoms with E-state index in [2.05, 4.69) is 4.98 Å². The molecule has 7 nitrogen and oxygen atoms in total. The number of ether oxygens (including phenoxy) is 2. The lowest BCUT2D eigenvalue weighted by atomic mass is 9.72. The molecule has 2 aromatic rings. The Morgan fingerprint density at radius 2 is 2.23 bits per heavy atom. The third-order valence-corrected chi connectivity index (χ3v) is 5.80. The van der Waals surface area contributed by atoms with Gasteiger partial charge in [0.15, 0.2) is 11.5 Å². The summed E-state index contributed by atoms with van der Waals surface area (Å²) in [5.41, 5.74) is 0.301. The summed E-state index contributed by atoms with van der Waals surface area (Å²) in [6.07, 6.45) is 0.0113. The second-order valence-corrected chi connectivity index (χ2v) is 7.56. The van der Waals surface area contributed by atoms with Crippen molar-refractivity contribution in [2.75, 3.05) is 20.2 Å². The summed E-state index contributed by atoms with van der Waals surface area (Å²) in [4.78, 5) is 16.9. The van der Waals surface area contributed by atoms with Crippen LogP contribution in [0.25, 0.3) is 0 Å². The first-order valence-corrected chi connectivity index (χ1v) is 9.14. The summed E-state index contributed by atoms with van der Waals surface area (Å²) in [7, 11) is 1.56. The van der Waals surface area contributed by atoms with Gasteiger partial charge in [-0.25, -0.2) is 9.78 Å². The zero-order chi connectivity index (χ0) is 18.9. The molecule has 3 rings (SSSR count). The van der Waals surface area contributed by atoms with Crippen LogP contribution >= 0.6 is 11.3 Å². The molecule has 0 spiro atoms. The molecule has 1 aromatic carbocycles. The first kappa shape index (κ1) is 18.5. The number of aromatic nitrogens is 1. The van der Waals surface area contributed by atoms with Crippen molar-refractivity contribution in [2.45, 2.75) is 25.9 Å². The number of rotatable bonds is 5. The molecule has 1 aromatic heterocycles. The minimum Gasteiger partial charge on any atom is -0.493 e. The fourth-order valence-electron chi connectivity index (χ4n) is 3.41. The molecule has 1 aliphatic heterocycles. The molecule has 1 amide bonds. The predicted octanol–water partition coefficient (Wildman–Crippen LogP) is 3.41. The number of aliphatic hydroxyl groups is 1. The lowest BCUT2D eigenvalue weighted by Crippen LogP contribution is -2.37. The number of nitrogens with zero attached hydrogens (tertiary/aromatic N) is 2. The zero-order valence-electron chi connectivity index (χ0n) is 14.9. The van der Waals surface area contributed by atoms with Crippen molar-refractivity contribution in [1.82, 2.24) is 9.88 Å². The van der Waals surface area contributed by atoms with E-state index < -0.39 is 17.6 Å². The summed E-state index contributed by atoms with van der Waals surface area (Å²) in [6.45, 7) is 4.21. The fourth-order valence-corrected chi connectivity index (χ4v) is 3.91. The van der Waals surface area contributed by atoms with Gasteiger partial charge in [-0.15, -0.1) is 0 Å². The van der Waals surface area contributed by atoms with Crippen LogP contribution in [0.15, 0.2) is 29.8 Å². The molecule has 8 heteroatoms. The van der Waals surface area contributed by atoms with Gasteiger partial charge in [0, 0.05) is 36.0 Å². The van der Waals surface area contributed by atoms with Crippen molar-refractivity contribution in [1.29, 1.82) is 0 Å². The van der Waals surface area contributed by atoms with Gasteiger partial charge >= 0.3 is 6.09 Å². The van der Waals surface area contributed by atoms with E-state index in [-0.39, 0.29) is 12.5 Å². The Hall–Kier alpha value is -2.32. The van der Waals surface area contributed by atoms with E-state index in [9.17, 15) is 15.0 Å². The molecule has 1 saturated heterocycles. The van der Waals surface area contributed by atoms with Crippen molar-refractivity contribution >= 4 is 17.4 Å². The Balaban J connectivity index is 1.98. The zero-order valence-corrected chi connectivity index (χ0v) is 15.7. The molecule has 0 unspecified atom stereocenters. The summed E-state index contributed by atoms with van der Waals surface area (Å²) in [5.74, 6) is 0.917. The van der Waals surface area contributed by atoms with E-state index in [4.69, 9.17) is 9.47 Å². The highest BCUT2D eigenvalue weighted by Gasteiger charge is 2.48. The van der Waals surface area contributed by atoms with Crippen molar-refractivity contribution in [2.24, 2.45) is 5.41 Å². The highest BCUT2D eigenvalue weighted by Crippen LogP contribution is 2.47. The van der Waals surface area contributed by atoms with Crippen LogP contribution in [0, 0.1) is 5.41 Å². The lowest BCUT2D eigenvalue weighted by molar-refractivity contribution is 0.0481. The summed E-state index contributed by atoms with van der Waals surface area (Å²) >= 11 is 1.37. The number of hydrogen-bond donors (Lipinski definition) is 2. The molecule has 0 saturated carbocycles. The number of benzene rings is 1. The Labute approximate surface area is 155 Å². The molecule has 0 aliphatic carbocycles. The highest BCUT2D eigenvalue weighted by molar-refractivity contribution is 7.11. The first-order chi connectivity index (χ1) is 12.3. The topological polar surface area (TPSA) is 92.1 Å². The maximum atomic E-state index is 11.5. The molecule has 26 heavy (non-hydrogen) atoms. The van der Waals surface area contributed by atoms with Crippen LogP contribution < -0.4 is 9.47 Å². The molecule has 2 N–H and O–H groups in total. The van der Waals surface area contributed by atoms with Crippen LogP contribution in [-0.2, 0) is 0 Å². The highest BCUT2D eigenvalue weighted by atomic mass is 32.1. The second kappa shape index (κ2) is 7.13. The molecule has 1 aliphatic rings. The third kappa shape index (κ3) is 3.34. The van der Waals surface area contributed by atoms with Gasteiger partial charge in [-0.2, -0.15) is 0 Å². The van der Waals surface area contributed by atoms with Crippen LogP contribution in [0.5, 0.6) is 16.7 Å². The molecular formula is C18H22N2O5S. The van der Waals surface area contributed by atoms with Crippen LogP contribution in [0.2, 0.25) is 0 Å². The Bertz CT molecular complexity index is 780. The average molecular weight is 378 g/mol. The van der Waals surface area contributed by atoms with Crippen molar-refractivity contribution in [3.05, 3.63) is 35.3 Å². The van der Waals surface area contributed by atoms with E-state index in [1.165, 1.54) is 16.2 Å². The van der Waals surface area contributed by atoms with Crippen LogP contribution in [-0.4, -0.2) is 52.5 Å². The standard InChI is InChI=1S/C18H22N2O5S/c1-11(21)18(2)10-20(17(22)23)9-13(18)12-4-5-14(24-3)15(8-12)25-16-19-6-7-26-16/h4-8,11,13,21H,9-10H2,1-3H3,(H,22,23)/t11-,13-,18-/m0/s1. The monoisotopic (exact) mass is 378 g/mol. The minimum absolute atomic E-state index is 0.164. The Morgan fingerprint density at radius 3 is 2.81 bits per heavy atom. The lowest BCUT2D eigenvalue weighted by Gasteiger charge is -2.33. The summed E-state index contributed by atoms with van der Waals surface area (Å²) < 4.78 is 11.2. The largest absolute Gasteiger partial charge is 0.493 e.